The summed E-state index contributed by atoms with van der Waals surface area (Å²) >= 11 is 0. The quantitative estimate of drug-likeness (QED) is 0.280. The van der Waals surface area contributed by atoms with Gasteiger partial charge in [0.15, 0.2) is 5.92 Å². The van der Waals surface area contributed by atoms with Crippen molar-refractivity contribution in [2.75, 3.05) is 10.6 Å². The fourth-order valence-corrected chi connectivity index (χ4v) is 4.37. The lowest BCUT2D eigenvalue weighted by Crippen LogP contribution is -2.29. The van der Waals surface area contributed by atoms with Crippen molar-refractivity contribution in [3.63, 3.8) is 0 Å². The van der Waals surface area contributed by atoms with Gasteiger partial charge in [0, 0.05) is 35.8 Å². The highest BCUT2D eigenvalue weighted by Gasteiger charge is 2.36. The summed E-state index contributed by atoms with van der Waals surface area (Å²) in [6.45, 7) is 1.43. The van der Waals surface area contributed by atoms with Gasteiger partial charge in [0.05, 0.1) is 17.5 Å². The van der Waals surface area contributed by atoms with Crippen LogP contribution in [0.4, 0.5) is 11.4 Å². The first kappa shape index (κ1) is 22.7. The van der Waals surface area contributed by atoms with E-state index >= 15 is 0 Å². The van der Waals surface area contributed by atoms with Crippen LogP contribution in [0.25, 0.3) is 16.9 Å². The Morgan fingerprint density at radius 2 is 1.58 bits per heavy atom. The number of nitrogens with one attached hydrogen (secondary N) is 2. The number of benzene rings is 3. The normalized spacial score (nSPS) is 12.1. The molecule has 36 heavy (non-hydrogen) atoms. The lowest BCUT2D eigenvalue weighted by molar-refractivity contribution is -0.117. The van der Waals surface area contributed by atoms with Crippen molar-refractivity contribution in [1.29, 1.82) is 5.26 Å². The zero-order valence-corrected chi connectivity index (χ0v) is 19.4. The van der Waals surface area contributed by atoms with Gasteiger partial charge in [-0.05, 0) is 42.0 Å². The number of nitriles is 1. The molecule has 1 atom stereocenters. The van der Waals surface area contributed by atoms with E-state index in [1.807, 2.05) is 30.3 Å². The van der Waals surface area contributed by atoms with Crippen LogP contribution in [0.1, 0.15) is 28.5 Å². The summed E-state index contributed by atoms with van der Waals surface area (Å²) < 4.78 is 1.66. The number of fused-ring (bicyclic) bond motifs is 3. The molecule has 5 rings (SSSR count). The van der Waals surface area contributed by atoms with Crippen molar-refractivity contribution in [1.82, 2.24) is 9.78 Å². The summed E-state index contributed by atoms with van der Waals surface area (Å²) in [5, 5.41) is 19.7. The number of carbonyl (C=O) groups is 3. The minimum atomic E-state index is -1.55. The van der Waals surface area contributed by atoms with E-state index in [2.05, 4.69) is 15.7 Å². The molecule has 0 saturated carbocycles. The first-order chi connectivity index (χ1) is 17.5. The summed E-state index contributed by atoms with van der Waals surface area (Å²) in [6.07, 6.45) is 0.467. The molecule has 176 valence electrons. The molecule has 0 aliphatic heterocycles. The highest BCUT2D eigenvalue weighted by Crippen LogP contribution is 2.40. The number of anilines is 2. The molecule has 1 aliphatic rings. The fraction of sp³-hybridized carbons (Fsp3) is 0.107. The molecule has 1 heterocycles. The van der Waals surface area contributed by atoms with Crippen LogP contribution in [0, 0.1) is 17.2 Å². The standard InChI is InChI=1S/C28H21N5O3/c1-17(34)30-20-11-13-21(14-12-20)33-26-22-10-6-5-7-18(22)15-23(26)25(32-33)27(35)24(16-29)28(36)31-19-8-3-2-4-9-19/h2-14,24H,15H2,1H3,(H,30,34)(H,31,36). The number of ketones is 1. The lowest BCUT2D eigenvalue weighted by atomic mass is 9.98. The first-order valence-corrected chi connectivity index (χ1v) is 11.3. The number of carbonyl (C=O) groups excluding carboxylic acids is 3. The van der Waals surface area contributed by atoms with Crippen molar-refractivity contribution in [2.45, 2.75) is 13.3 Å². The number of rotatable bonds is 6. The Bertz CT molecular complexity index is 1530. The van der Waals surface area contributed by atoms with E-state index in [0.717, 1.165) is 16.8 Å². The van der Waals surface area contributed by atoms with E-state index in [9.17, 15) is 19.6 Å². The maximum Gasteiger partial charge on any atom is 0.249 e. The largest absolute Gasteiger partial charge is 0.326 e. The van der Waals surface area contributed by atoms with Crippen LogP contribution < -0.4 is 10.6 Å². The van der Waals surface area contributed by atoms with Gasteiger partial charge in [0.25, 0.3) is 0 Å². The van der Waals surface area contributed by atoms with E-state index in [0.29, 0.717) is 29.0 Å². The topological polar surface area (TPSA) is 117 Å². The molecular formula is C28H21N5O3. The van der Waals surface area contributed by atoms with Crippen molar-refractivity contribution in [3.05, 3.63) is 95.7 Å². The zero-order valence-electron chi connectivity index (χ0n) is 19.4. The number of para-hydroxylation sites is 1. The summed E-state index contributed by atoms with van der Waals surface area (Å²) in [6, 6.07) is 25.4. The zero-order chi connectivity index (χ0) is 25.2. The molecule has 0 saturated heterocycles. The number of aromatic nitrogens is 2. The molecule has 0 fully saturated rings. The summed E-state index contributed by atoms with van der Waals surface area (Å²) in [4.78, 5) is 37.8. The Kier molecular flexibility index (Phi) is 5.88. The van der Waals surface area contributed by atoms with E-state index in [4.69, 9.17) is 0 Å². The third kappa shape index (κ3) is 4.14. The van der Waals surface area contributed by atoms with Crippen LogP contribution in [0.15, 0.2) is 78.9 Å². The summed E-state index contributed by atoms with van der Waals surface area (Å²) in [7, 11) is 0. The highest BCUT2D eigenvalue weighted by molar-refractivity contribution is 6.16. The lowest BCUT2D eigenvalue weighted by Gasteiger charge is -2.10. The second kappa shape index (κ2) is 9.31. The second-order valence-electron chi connectivity index (χ2n) is 8.43. The molecule has 0 spiro atoms. The van der Waals surface area contributed by atoms with Crippen LogP contribution in [-0.4, -0.2) is 27.4 Å². The molecule has 1 unspecified atom stereocenters. The van der Waals surface area contributed by atoms with E-state index < -0.39 is 17.6 Å². The Balaban J connectivity index is 1.55. The van der Waals surface area contributed by atoms with Crippen LogP contribution >= 0.6 is 0 Å². The maximum atomic E-state index is 13.5. The Morgan fingerprint density at radius 1 is 0.917 bits per heavy atom. The third-order valence-corrected chi connectivity index (χ3v) is 5.98. The SMILES string of the molecule is CC(=O)Nc1ccc(-n2nc(C(=O)C(C#N)C(=O)Nc3ccccc3)c3c2-c2ccccc2C3)cc1. The van der Waals surface area contributed by atoms with Crippen LogP contribution in [0.5, 0.6) is 0 Å². The molecule has 1 aliphatic carbocycles. The van der Waals surface area contributed by atoms with Crippen molar-refractivity contribution in [2.24, 2.45) is 5.92 Å². The number of hydrogen-bond donors (Lipinski definition) is 2. The Hall–Kier alpha value is -5.03. The van der Waals surface area contributed by atoms with Gasteiger partial charge in [-0.3, -0.25) is 14.4 Å². The van der Waals surface area contributed by atoms with Gasteiger partial charge >= 0.3 is 0 Å². The monoisotopic (exact) mass is 475 g/mol. The average Bonchev–Trinajstić information content (AvgIpc) is 3.43. The van der Waals surface area contributed by atoms with Crippen LogP contribution in [0.3, 0.4) is 0 Å². The molecule has 0 radical (unpaired) electrons. The fourth-order valence-electron chi connectivity index (χ4n) is 4.37. The number of nitrogens with zero attached hydrogens (tertiary/aromatic N) is 3. The molecule has 4 aromatic rings. The molecule has 8 nitrogen and oxygen atoms in total. The maximum absolute atomic E-state index is 13.5. The van der Waals surface area contributed by atoms with Gasteiger partial charge in [-0.25, -0.2) is 4.68 Å². The van der Waals surface area contributed by atoms with E-state index in [1.54, 1.807) is 59.3 Å². The predicted molar refractivity (Wildman–Crippen MR) is 135 cm³/mol. The van der Waals surface area contributed by atoms with E-state index in [-0.39, 0.29) is 11.6 Å². The second-order valence-corrected chi connectivity index (χ2v) is 8.43. The number of amides is 2. The molecule has 0 bridgehead atoms. The predicted octanol–water partition coefficient (Wildman–Crippen LogP) is 4.36. The minimum absolute atomic E-state index is 0.0990. The minimum Gasteiger partial charge on any atom is -0.326 e. The molecule has 2 N–H and O–H groups in total. The number of hydrogen-bond acceptors (Lipinski definition) is 5. The Morgan fingerprint density at radius 3 is 2.28 bits per heavy atom. The first-order valence-electron chi connectivity index (χ1n) is 11.3. The third-order valence-electron chi connectivity index (χ3n) is 5.98. The average molecular weight is 476 g/mol. The molecular weight excluding hydrogens is 454 g/mol. The summed E-state index contributed by atoms with van der Waals surface area (Å²) in [5.74, 6) is -3.08. The smallest absolute Gasteiger partial charge is 0.249 e. The van der Waals surface area contributed by atoms with Crippen LogP contribution in [-0.2, 0) is 16.0 Å². The van der Waals surface area contributed by atoms with Gasteiger partial charge in [0.2, 0.25) is 17.6 Å². The highest BCUT2D eigenvalue weighted by atomic mass is 16.2. The molecule has 1 aromatic heterocycles. The van der Waals surface area contributed by atoms with Crippen molar-refractivity contribution in [3.8, 4) is 23.0 Å². The van der Waals surface area contributed by atoms with Crippen LogP contribution in [0.2, 0.25) is 0 Å². The van der Waals surface area contributed by atoms with Gasteiger partial charge in [-0.15, -0.1) is 0 Å². The van der Waals surface area contributed by atoms with Gasteiger partial charge in [-0.2, -0.15) is 10.4 Å². The molecule has 8 heteroatoms. The summed E-state index contributed by atoms with van der Waals surface area (Å²) in [5.41, 5.74) is 5.31. The Labute approximate surface area is 207 Å². The van der Waals surface area contributed by atoms with Gasteiger partial charge < -0.3 is 10.6 Å². The van der Waals surface area contributed by atoms with Gasteiger partial charge in [-0.1, -0.05) is 42.5 Å². The van der Waals surface area contributed by atoms with Crippen molar-refractivity contribution < 1.29 is 14.4 Å². The van der Waals surface area contributed by atoms with E-state index in [1.165, 1.54) is 6.92 Å². The van der Waals surface area contributed by atoms with Crippen molar-refractivity contribution >= 4 is 29.0 Å². The number of Topliss-reactive ketones (excluding diaryl/α,β-unsaturated/α-hetero) is 1. The van der Waals surface area contributed by atoms with Gasteiger partial charge in [0.1, 0.15) is 5.69 Å². The molecule has 2 amide bonds. The molecule has 3 aromatic carbocycles.